The van der Waals surface area contributed by atoms with Crippen molar-refractivity contribution < 1.29 is 8.42 Å². The summed E-state index contributed by atoms with van der Waals surface area (Å²) in [6.07, 6.45) is 2.90. The lowest BCUT2D eigenvalue weighted by Gasteiger charge is -2.09. The standard InChI is InChI=1S/C13H12N8O2S2/c1-8-11(13(16-20(8)2)21-6-14-15-7-21)19-25(22,23)10-5-3-4-9-12(10)18-24-17-9/h3-7,19H,1-2H3. The summed E-state index contributed by atoms with van der Waals surface area (Å²) in [6, 6.07) is 4.85. The molecule has 0 fully saturated rings. The van der Waals surface area contributed by atoms with Crippen LogP contribution in [0.25, 0.3) is 16.9 Å². The first-order valence-electron chi connectivity index (χ1n) is 7.10. The SMILES string of the molecule is Cc1c(NS(=O)(=O)c2cccc3nsnc23)c(-n2cnnc2)nn1C. The Hall–Kier alpha value is -2.86. The van der Waals surface area contributed by atoms with Crippen LogP contribution < -0.4 is 4.72 Å². The van der Waals surface area contributed by atoms with Crippen molar-refractivity contribution in [2.75, 3.05) is 4.72 Å². The number of benzene rings is 1. The third kappa shape index (κ3) is 2.55. The molecule has 0 unspecified atom stereocenters. The van der Waals surface area contributed by atoms with Gasteiger partial charge in [-0.1, -0.05) is 6.07 Å². The maximum atomic E-state index is 12.9. The Balaban J connectivity index is 1.84. The largest absolute Gasteiger partial charge is 0.274 e. The van der Waals surface area contributed by atoms with E-state index in [9.17, 15) is 8.42 Å². The summed E-state index contributed by atoms with van der Waals surface area (Å²) in [7, 11) is -2.16. The molecule has 25 heavy (non-hydrogen) atoms. The second-order valence-electron chi connectivity index (χ2n) is 5.27. The third-order valence-corrected chi connectivity index (χ3v) is 5.68. The predicted octanol–water partition coefficient (Wildman–Crippen LogP) is 1.11. The average Bonchev–Trinajstić information content (AvgIpc) is 3.31. The summed E-state index contributed by atoms with van der Waals surface area (Å²) >= 11 is 0.969. The number of aryl methyl sites for hydroxylation is 1. The molecule has 10 nitrogen and oxygen atoms in total. The fourth-order valence-electron chi connectivity index (χ4n) is 2.39. The first-order chi connectivity index (χ1) is 12.0. The molecule has 3 aromatic heterocycles. The van der Waals surface area contributed by atoms with E-state index >= 15 is 0 Å². The number of rotatable bonds is 4. The van der Waals surface area contributed by atoms with Crippen LogP contribution in [0.5, 0.6) is 0 Å². The summed E-state index contributed by atoms with van der Waals surface area (Å²) in [5.41, 5.74) is 1.88. The number of hydrogen-bond acceptors (Lipinski definition) is 8. The normalized spacial score (nSPS) is 11.9. The lowest BCUT2D eigenvalue weighted by molar-refractivity contribution is 0.602. The molecule has 4 aromatic rings. The Bertz CT molecular complexity index is 1160. The van der Waals surface area contributed by atoms with Gasteiger partial charge < -0.3 is 0 Å². The molecule has 0 radical (unpaired) electrons. The molecule has 4 rings (SSSR count). The minimum Gasteiger partial charge on any atom is -0.274 e. The molecular weight excluding hydrogens is 364 g/mol. The Kier molecular flexibility index (Phi) is 3.51. The van der Waals surface area contributed by atoms with E-state index in [1.807, 2.05) is 0 Å². The Labute approximate surface area is 146 Å². The van der Waals surface area contributed by atoms with Gasteiger partial charge in [-0.15, -0.1) is 10.2 Å². The van der Waals surface area contributed by atoms with Gasteiger partial charge in [0, 0.05) is 7.05 Å². The first-order valence-corrected chi connectivity index (χ1v) is 9.31. The van der Waals surface area contributed by atoms with Crippen molar-refractivity contribution >= 4 is 38.5 Å². The van der Waals surface area contributed by atoms with Gasteiger partial charge in [0.05, 0.1) is 17.4 Å². The van der Waals surface area contributed by atoms with E-state index in [0.717, 1.165) is 11.7 Å². The van der Waals surface area contributed by atoms with Gasteiger partial charge >= 0.3 is 0 Å². The van der Waals surface area contributed by atoms with E-state index < -0.39 is 10.0 Å². The highest BCUT2D eigenvalue weighted by Gasteiger charge is 2.24. The molecule has 0 aliphatic carbocycles. The fourth-order valence-corrected chi connectivity index (χ4v) is 4.28. The van der Waals surface area contributed by atoms with Crippen molar-refractivity contribution in [2.45, 2.75) is 11.8 Å². The van der Waals surface area contributed by atoms with E-state index in [-0.39, 0.29) is 4.90 Å². The quantitative estimate of drug-likeness (QED) is 0.566. The number of hydrogen-bond donors (Lipinski definition) is 1. The Morgan fingerprint density at radius 2 is 1.92 bits per heavy atom. The van der Waals surface area contributed by atoms with Crippen LogP contribution in [0.2, 0.25) is 0 Å². The van der Waals surface area contributed by atoms with Gasteiger partial charge in [0.1, 0.15) is 34.3 Å². The Morgan fingerprint density at radius 1 is 1.16 bits per heavy atom. The van der Waals surface area contributed by atoms with Crippen molar-refractivity contribution in [1.82, 2.24) is 33.3 Å². The maximum Gasteiger partial charge on any atom is 0.264 e. The molecule has 128 valence electrons. The topological polar surface area (TPSA) is 120 Å². The highest BCUT2D eigenvalue weighted by Crippen LogP contribution is 2.28. The van der Waals surface area contributed by atoms with E-state index in [0.29, 0.717) is 28.2 Å². The van der Waals surface area contributed by atoms with Crippen LogP contribution in [0.4, 0.5) is 5.69 Å². The third-order valence-electron chi connectivity index (χ3n) is 3.75. The Morgan fingerprint density at radius 3 is 2.68 bits per heavy atom. The van der Waals surface area contributed by atoms with Gasteiger partial charge in [-0.25, -0.2) is 8.42 Å². The predicted molar refractivity (Wildman–Crippen MR) is 91.1 cm³/mol. The molecule has 0 saturated carbocycles. The maximum absolute atomic E-state index is 12.9. The van der Waals surface area contributed by atoms with Crippen molar-refractivity contribution in [3.05, 3.63) is 36.5 Å². The van der Waals surface area contributed by atoms with Crippen LogP contribution >= 0.6 is 11.7 Å². The summed E-state index contributed by atoms with van der Waals surface area (Å²) in [5, 5.41) is 11.8. The zero-order valence-electron chi connectivity index (χ0n) is 13.2. The number of nitrogens with zero attached hydrogens (tertiary/aromatic N) is 7. The smallest absolute Gasteiger partial charge is 0.264 e. The van der Waals surface area contributed by atoms with Crippen LogP contribution in [0.15, 0.2) is 35.7 Å². The monoisotopic (exact) mass is 376 g/mol. The van der Waals surface area contributed by atoms with Crippen molar-refractivity contribution in [3.8, 4) is 5.82 Å². The number of nitrogens with one attached hydrogen (secondary N) is 1. The van der Waals surface area contributed by atoms with E-state index in [1.54, 1.807) is 30.8 Å². The second kappa shape index (κ2) is 5.60. The zero-order valence-corrected chi connectivity index (χ0v) is 14.8. The van der Waals surface area contributed by atoms with Crippen LogP contribution in [-0.2, 0) is 17.1 Å². The average molecular weight is 376 g/mol. The van der Waals surface area contributed by atoms with E-state index in [1.165, 1.54) is 23.3 Å². The lowest BCUT2D eigenvalue weighted by Crippen LogP contribution is -2.15. The lowest BCUT2D eigenvalue weighted by atomic mass is 10.3. The van der Waals surface area contributed by atoms with Crippen LogP contribution in [0.3, 0.4) is 0 Å². The molecule has 0 bridgehead atoms. The summed E-state index contributed by atoms with van der Waals surface area (Å²) in [5.74, 6) is 0.386. The van der Waals surface area contributed by atoms with Crippen LogP contribution in [0, 0.1) is 6.92 Å². The highest BCUT2D eigenvalue weighted by atomic mass is 32.2. The zero-order chi connectivity index (χ0) is 17.6. The van der Waals surface area contributed by atoms with Crippen molar-refractivity contribution in [1.29, 1.82) is 0 Å². The van der Waals surface area contributed by atoms with Gasteiger partial charge in [0.2, 0.25) is 0 Å². The molecule has 0 atom stereocenters. The van der Waals surface area contributed by atoms with E-state index in [4.69, 9.17) is 0 Å². The number of anilines is 1. The summed E-state index contributed by atoms with van der Waals surface area (Å²) < 4.78 is 39.8. The number of sulfonamides is 1. The molecule has 12 heteroatoms. The molecule has 0 aliphatic heterocycles. The molecule has 1 N–H and O–H groups in total. The highest BCUT2D eigenvalue weighted by molar-refractivity contribution is 7.93. The fraction of sp³-hybridized carbons (Fsp3) is 0.154. The molecule has 0 spiro atoms. The molecular formula is C13H12N8O2S2. The van der Waals surface area contributed by atoms with Gasteiger partial charge in [-0.2, -0.15) is 13.8 Å². The molecule has 0 saturated heterocycles. The van der Waals surface area contributed by atoms with Gasteiger partial charge in [0.15, 0.2) is 5.82 Å². The number of aromatic nitrogens is 7. The molecule has 0 aliphatic rings. The van der Waals surface area contributed by atoms with E-state index in [2.05, 4.69) is 28.8 Å². The van der Waals surface area contributed by atoms with Gasteiger partial charge in [-0.05, 0) is 19.1 Å². The van der Waals surface area contributed by atoms with Gasteiger partial charge in [0.25, 0.3) is 10.0 Å². The summed E-state index contributed by atoms with van der Waals surface area (Å²) in [4.78, 5) is 0.0664. The van der Waals surface area contributed by atoms with Crippen LogP contribution in [-0.4, -0.2) is 41.7 Å². The minimum atomic E-state index is -3.89. The first kappa shape index (κ1) is 15.7. The second-order valence-corrected chi connectivity index (χ2v) is 7.45. The number of fused-ring (bicyclic) bond motifs is 1. The molecule has 3 heterocycles. The van der Waals surface area contributed by atoms with Crippen molar-refractivity contribution in [2.24, 2.45) is 7.05 Å². The van der Waals surface area contributed by atoms with Crippen LogP contribution in [0.1, 0.15) is 5.69 Å². The minimum absolute atomic E-state index is 0.0664. The van der Waals surface area contributed by atoms with Gasteiger partial charge in [-0.3, -0.25) is 14.0 Å². The van der Waals surface area contributed by atoms with Crippen molar-refractivity contribution in [3.63, 3.8) is 0 Å². The molecule has 1 aromatic carbocycles. The summed E-state index contributed by atoms with van der Waals surface area (Å²) in [6.45, 7) is 1.77. The molecule has 0 amide bonds.